The number of hydrogen-bond donors (Lipinski definition) is 0. The molecule has 0 amide bonds. The van der Waals surface area contributed by atoms with Crippen molar-refractivity contribution in [3.8, 4) is 130 Å². The van der Waals surface area contributed by atoms with Gasteiger partial charge in [-0.25, -0.2) is 29.9 Å². The number of nitrogens with zero attached hydrogens (tertiary/aromatic N) is 9. The van der Waals surface area contributed by atoms with Crippen LogP contribution in [0.1, 0.15) is 25.0 Å². The van der Waals surface area contributed by atoms with Gasteiger partial charge in [0.2, 0.25) is 0 Å². The lowest BCUT2D eigenvalue weighted by Crippen LogP contribution is -2.50. The van der Waals surface area contributed by atoms with Gasteiger partial charge in [-0.2, -0.15) is 0 Å². The fourth-order valence-electron chi connectivity index (χ4n) is 24.4. The topological polar surface area (TPSA) is 105 Å². The highest BCUT2D eigenvalue weighted by Gasteiger charge is 2.46. The van der Waals surface area contributed by atoms with Crippen molar-refractivity contribution in [2.24, 2.45) is 0 Å². The molecule has 0 spiro atoms. The van der Waals surface area contributed by atoms with Gasteiger partial charge in [-0.3, -0.25) is 0 Å². The molecule has 11 heterocycles. The number of hydrogen-bond acceptors (Lipinski definition) is 8. The summed E-state index contributed by atoms with van der Waals surface area (Å²) < 4.78 is 16.2. The first-order valence-corrected chi connectivity index (χ1v) is 59.2. The minimum atomic E-state index is -2.06. The van der Waals surface area contributed by atoms with Crippen LogP contribution in [-0.4, -0.2) is 67.8 Å². The van der Waals surface area contributed by atoms with Gasteiger partial charge in [0.1, 0.15) is 35.4 Å². The van der Waals surface area contributed by atoms with Gasteiger partial charge in [0.15, 0.2) is 17.5 Å². The molecule has 0 unspecified atom stereocenters. The van der Waals surface area contributed by atoms with Crippen LogP contribution in [0.4, 0.5) is 0 Å². The van der Waals surface area contributed by atoms with E-state index < -0.39 is 24.2 Å². The average molecular weight is 1900 g/mol. The zero-order valence-electron chi connectivity index (χ0n) is 80.2. The highest BCUT2D eigenvalue weighted by atomic mass is 32.1. The van der Waals surface area contributed by atoms with E-state index in [1.807, 2.05) is 35.6 Å². The van der Waals surface area contributed by atoms with Crippen molar-refractivity contribution < 1.29 is 4.42 Å². The molecular weight excluding hydrogens is 1810 g/mol. The van der Waals surface area contributed by atoms with Crippen LogP contribution in [-0.2, 0) is 5.41 Å². The molecule has 0 fully saturated rings. The van der Waals surface area contributed by atoms with Crippen LogP contribution >= 0.6 is 11.3 Å². The summed E-state index contributed by atoms with van der Waals surface area (Å²) in [5, 5.41) is 20.5. The maximum absolute atomic E-state index is 6.32. The Hall–Kier alpha value is -16.7. The summed E-state index contributed by atoms with van der Waals surface area (Å²) in [5.41, 5.74) is 34.7. The lowest BCUT2D eigenvalue weighted by atomic mass is 9.82. The van der Waals surface area contributed by atoms with Crippen LogP contribution in [0, 0.1) is 0 Å². The van der Waals surface area contributed by atoms with Gasteiger partial charge in [0, 0.05) is 152 Å². The normalized spacial score (nSPS) is 14.0. The summed E-state index contributed by atoms with van der Waals surface area (Å²) in [6.07, 6.45) is 0. The third kappa shape index (κ3) is 12.7. The van der Waals surface area contributed by atoms with Gasteiger partial charge in [0.25, 0.3) is 0 Å². The lowest BCUT2D eigenvalue weighted by Gasteiger charge is -2.21. The Morgan fingerprint density at radius 3 is 1.12 bits per heavy atom. The van der Waals surface area contributed by atoms with Crippen LogP contribution in [0.25, 0.3) is 237 Å². The Labute approximate surface area is 834 Å². The van der Waals surface area contributed by atoms with Crippen molar-refractivity contribution >= 4 is 175 Å². The summed E-state index contributed by atoms with van der Waals surface area (Å²) in [6, 6.07) is 151. The Balaban J connectivity index is 0.000000105. The highest BCUT2D eigenvalue weighted by molar-refractivity contribution is 7.26. The standard InChI is InChI=1S/C45H35N3Si.C42H29N3OSi.C42H29N3SSi/c1-45(2)34-19-11-8-16-31(34)39-35(45)26-27-37-40(39)32-17-9-12-20-36(32)48(37)30-24-22-28(23-25-30)42-41-33-18-10-13-21-38(33)49(3,4)44(41)47-43(46-42)29-14-6-5-7-15-29;2*1-47(2)36-22-11-8-19-31(36)39-40(43-41(44-42(39)47)26-13-4-3-5-14-26)27-15-12-16-28(25-27)45-32-20-9-6-17-29(32)37-33(45)23-24-35-38(37)30-18-7-10-21-34(30)46-35/h5-27H,1-4H3;2*3-25H,1-2H3. The van der Waals surface area contributed by atoms with Crippen LogP contribution < -0.4 is 31.5 Å². The molecule has 0 radical (unpaired) electrons. The number of para-hydroxylation sites is 4. The molecule has 0 atom stereocenters. The quantitative estimate of drug-likeness (QED) is 0.133. The van der Waals surface area contributed by atoms with Gasteiger partial charge >= 0.3 is 0 Å². The third-order valence-electron chi connectivity index (χ3n) is 31.1. The zero-order valence-corrected chi connectivity index (χ0v) is 84.0. The molecular formula is C129H93N9OSSi3. The zero-order chi connectivity index (χ0) is 95.6. The van der Waals surface area contributed by atoms with E-state index in [9.17, 15) is 0 Å². The summed E-state index contributed by atoms with van der Waals surface area (Å²) in [4.78, 5) is 32.0. The first-order chi connectivity index (χ1) is 70.0. The Morgan fingerprint density at radius 2 is 0.615 bits per heavy atom. The number of fused-ring (bicyclic) bond motifs is 30. The number of thiophene rings is 1. The minimum Gasteiger partial charge on any atom is -0.456 e. The molecule has 10 nitrogen and oxygen atoms in total. The molecule has 4 aliphatic rings. The Morgan fingerprint density at radius 1 is 0.238 bits per heavy atom. The fraction of sp³-hybridized carbons (Fsp3) is 0.0698. The second-order valence-corrected chi connectivity index (χ2v) is 54.5. The molecule has 18 aromatic carbocycles. The van der Waals surface area contributed by atoms with Crippen molar-refractivity contribution in [1.29, 1.82) is 0 Å². The predicted molar refractivity (Wildman–Crippen MR) is 606 cm³/mol. The monoisotopic (exact) mass is 1900 g/mol. The van der Waals surface area contributed by atoms with Gasteiger partial charge in [-0.1, -0.05) is 375 Å². The SMILES string of the molecule is CC1(C)c2ccccc2-c2c1ccc1c2c2ccccc2n1-c1ccc(-c2nc(-c3ccccc3)nc3c2-c2ccccc2[Si]3(C)C)cc1.C[Si]1(C)c2ccccc2-c2c(-c3cccc(-n4c5ccccc5c5c6c(ccc54)oc4ccccc46)c3)nc(-c3ccccc3)nc21.C[Si]1(C)c2ccccc2-c2c(-c3cccc(-n4c5ccccc5c5c6c(ccc54)sc4ccccc46)c3)nc(-c3ccccc3)nc21. The second-order valence-electron chi connectivity index (χ2n) is 40.6. The van der Waals surface area contributed by atoms with Gasteiger partial charge in [-0.15, -0.1) is 11.3 Å². The van der Waals surface area contributed by atoms with Crippen LogP contribution in [0.5, 0.6) is 0 Å². The molecule has 8 aromatic heterocycles. The van der Waals surface area contributed by atoms with Crippen molar-refractivity contribution in [1.82, 2.24) is 43.6 Å². The van der Waals surface area contributed by atoms with E-state index in [4.69, 9.17) is 34.3 Å². The van der Waals surface area contributed by atoms with E-state index in [0.717, 1.165) is 118 Å². The van der Waals surface area contributed by atoms with E-state index in [1.165, 1.54) is 162 Å². The largest absolute Gasteiger partial charge is 0.456 e. The molecule has 0 bridgehead atoms. The molecule has 0 saturated carbocycles. The molecule has 26 aromatic rings. The number of rotatable bonds is 9. The fourth-order valence-corrected chi connectivity index (χ4v) is 34.2. The average Bonchev–Trinajstić information content (AvgIpc) is 1.54. The Bertz CT molecular complexity index is 9500. The lowest BCUT2D eigenvalue weighted by molar-refractivity contribution is 0.661. The number of benzene rings is 18. The molecule has 30 rings (SSSR count). The number of furan rings is 1. The van der Waals surface area contributed by atoms with Gasteiger partial charge in [0.05, 0.1) is 50.2 Å². The third-order valence-corrected chi connectivity index (χ3v) is 42.2. The predicted octanol–water partition coefficient (Wildman–Crippen LogP) is 29.7. The van der Waals surface area contributed by atoms with E-state index in [0.29, 0.717) is 0 Å². The highest BCUT2D eigenvalue weighted by Crippen LogP contribution is 2.55. The molecule has 0 saturated heterocycles. The van der Waals surface area contributed by atoms with E-state index in [1.54, 1.807) is 0 Å². The molecule has 678 valence electrons. The maximum Gasteiger partial charge on any atom is 0.159 e. The van der Waals surface area contributed by atoms with E-state index >= 15 is 0 Å². The summed E-state index contributed by atoms with van der Waals surface area (Å²) in [6.45, 7) is 19.2. The molecule has 1 aliphatic carbocycles. The van der Waals surface area contributed by atoms with E-state index in [-0.39, 0.29) is 5.41 Å². The second kappa shape index (κ2) is 31.9. The summed E-state index contributed by atoms with van der Waals surface area (Å²) >= 11 is 1.87. The summed E-state index contributed by atoms with van der Waals surface area (Å²) in [7, 11) is -6.13. The first kappa shape index (κ1) is 84.3. The maximum atomic E-state index is 6.32. The van der Waals surface area contributed by atoms with Crippen LogP contribution in [0.3, 0.4) is 0 Å². The van der Waals surface area contributed by atoms with Gasteiger partial charge < -0.3 is 18.1 Å². The Kier molecular flexibility index (Phi) is 18.8. The van der Waals surface area contributed by atoms with Crippen LogP contribution in [0.2, 0.25) is 39.3 Å². The first-order valence-electron chi connectivity index (χ1n) is 49.4. The van der Waals surface area contributed by atoms with Crippen molar-refractivity contribution in [3.05, 3.63) is 430 Å². The van der Waals surface area contributed by atoms with Crippen LogP contribution in [0.15, 0.2) is 423 Å². The molecule has 143 heavy (non-hydrogen) atoms. The smallest absolute Gasteiger partial charge is 0.159 e. The molecule has 3 aliphatic heterocycles. The summed E-state index contributed by atoms with van der Waals surface area (Å²) in [5.74, 6) is 2.37. The van der Waals surface area contributed by atoms with Crippen molar-refractivity contribution in [3.63, 3.8) is 0 Å². The van der Waals surface area contributed by atoms with Crippen molar-refractivity contribution in [2.45, 2.75) is 58.5 Å². The van der Waals surface area contributed by atoms with Crippen molar-refractivity contribution in [2.75, 3.05) is 0 Å². The minimum absolute atomic E-state index is 0.0442. The van der Waals surface area contributed by atoms with Gasteiger partial charge in [-0.05, 0) is 152 Å². The van der Waals surface area contributed by atoms with E-state index in [2.05, 4.69) is 461 Å². The molecule has 0 N–H and O–H groups in total. The number of aromatic nitrogens is 9. The molecule has 14 heteroatoms.